The zero-order valence-corrected chi connectivity index (χ0v) is 11.5. The number of carbonyl (C=O) groups is 2. The Labute approximate surface area is 109 Å². The molecule has 1 aliphatic heterocycles. The lowest BCUT2D eigenvalue weighted by Gasteiger charge is -2.21. The molecule has 7 heteroatoms. The molecule has 2 aliphatic rings. The molecule has 1 saturated carbocycles. The first-order valence-corrected chi connectivity index (χ1v) is 6.81. The standard InChI is InChI=1S/C9H11Br2NO4/c10-5-3-16-9(15)12(5)8(14)6(11)7(13)4-1-2-4/h4-7,13H,1-3H2/t5-,6+,7-/m1/s1. The Balaban J connectivity index is 2.02. The number of ether oxygens (including phenoxy) is 1. The molecule has 0 aromatic carbocycles. The predicted molar refractivity (Wildman–Crippen MR) is 62.4 cm³/mol. The fourth-order valence-electron chi connectivity index (χ4n) is 1.58. The summed E-state index contributed by atoms with van der Waals surface area (Å²) in [6.45, 7) is 0.143. The number of hydrogen-bond donors (Lipinski definition) is 1. The highest BCUT2D eigenvalue weighted by molar-refractivity contribution is 9.10. The first-order valence-electron chi connectivity index (χ1n) is 4.98. The van der Waals surface area contributed by atoms with Crippen LogP contribution in [-0.4, -0.2) is 44.5 Å². The minimum atomic E-state index is -0.745. The molecule has 0 spiro atoms. The number of aliphatic hydroxyl groups is 1. The molecule has 1 heterocycles. The Morgan fingerprint density at radius 2 is 2.19 bits per heavy atom. The van der Waals surface area contributed by atoms with E-state index in [4.69, 9.17) is 4.74 Å². The van der Waals surface area contributed by atoms with Crippen molar-refractivity contribution in [2.24, 2.45) is 5.92 Å². The van der Waals surface area contributed by atoms with Gasteiger partial charge in [-0.05, 0) is 18.8 Å². The first-order chi connectivity index (χ1) is 7.52. The second kappa shape index (κ2) is 4.62. The van der Waals surface area contributed by atoms with E-state index in [-0.39, 0.29) is 12.5 Å². The SMILES string of the molecule is O=C1OC[C@H](Br)N1C(=O)[C@@H](Br)[C@H](O)C1CC1. The predicted octanol–water partition coefficient (Wildman–Crippen LogP) is 1.22. The number of hydrogen-bond acceptors (Lipinski definition) is 4. The largest absolute Gasteiger partial charge is 0.446 e. The van der Waals surface area contributed by atoms with Gasteiger partial charge in [0.15, 0.2) is 0 Å². The van der Waals surface area contributed by atoms with Gasteiger partial charge < -0.3 is 9.84 Å². The second-order valence-electron chi connectivity index (χ2n) is 3.95. The van der Waals surface area contributed by atoms with Gasteiger partial charge in [-0.15, -0.1) is 0 Å². The molecule has 1 N–H and O–H groups in total. The summed E-state index contributed by atoms with van der Waals surface area (Å²) in [5.74, 6) is -0.288. The first kappa shape index (κ1) is 12.3. The topological polar surface area (TPSA) is 66.8 Å². The van der Waals surface area contributed by atoms with E-state index in [1.165, 1.54) is 0 Å². The number of alkyl halides is 2. The minimum Gasteiger partial charge on any atom is -0.446 e. The number of carbonyl (C=O) groups excluding carboxylic acids is 2. The molecule has 1 saturated heterocycles. The van der Waals surface area contributed by atoms with Crippen LogP contribution >= 0.6 is 31.9 Å². The lowest BCUT2D eigenvalue weighted by atomic mass is 10.1. The van der Waals surface area contributed by atoms with Gasteiger partial charge in [0.25, 0.3) is 0 Å². The Kier molecular flexibility index (Phi) is 3.56. The molecule has 0 unspecified atom stereocenters. The third-order valence-corrected chi connectivity index (χ3v) is 4.31. The summed E-state index contributed by atoms with van der Waals surface area (Å²) < 4.78 is 4.72. The number of cyclic esters (lactones) is 1. The molecule has 0 aromatic rings. The molecule has 2 fully saturated rings. The van der Waals surface area contributed by atoms with Crippen molar-refractivity contribution in [3.8, 4) is 0 Å². The van der Waals surface area contributed by atoms with Crippen LogP contribution in [0.5, 0.6) is 0 Å². The number of imide groups is 1. The zero-order chi connectivity index (χ0) is 11.9. The van der Waals surface area contributed by atoms with Gasteiger partial charge in [0.1, 0.15) is 16.4 Å². The van der Waals surface area contributed by atoms with Crippen molar-refractivity contribution in [3.63, 3.8) is 0 Å². The van der Waals surface area contributed by atoms with Crippen LogP contribution in [0.15, 0.2) is 0 Å². The van der Waals surface area contributed by atoms with Crippen LogP contribution < -0.4 is 0 Å². The Hall–Kier alpha value is -0.140. The molecule has 2 rings (SSSR count). The summed E-state index contributed by atoms with van der Waals surface area (Å²) >= 11 is 6.32. The summed E-state index contributed by atoms with van der Waals surface area (Å²) in [5, 5.41) is 9.80. The van der Waals surface area contributed by atoms with Crippen molar-refractivity contribution in [2.45, 2.75) is 28.7 Å². The van der Waals surface area contributed by atoms with E-state index in [1.807, 2.05) is 0 Å². The quantitative estimate of drug-likeness (QED) is 0.610. The molecule has 0 bridgehead atoms. The fraction of sp³-hybridized carbons (Fsp3) is 0.778. The molecule has 0 radical (unpaired) electrons. The number of halogens is 2. The van der Waals surface area contributed by atoms with Gasteiger partial charge >= 0.3 is 6.09 Å². The number of aliphatic hydroxyl groups excluding tert-OH is 1. The van der Waals surface area contributed by atoms with E-state index < -0.39 is 27.9 Å². The Morgan fingerprint density at radius 3 is 2.62 bits per heavy atom. The summed E-state index contributed by atoms with van der Waals surface area (Å²) in [6.07, 6.45) is 0.456. The van der Waals surface area contributed by atoms with E-state index in [0.29, 0.717) is 0 Å². The molecular formula is C9H11Br2NO4. The van der Waals surface area contributed by atoms with Gasteiger partial charge in [0.2, 0.25) is 5.91 Å². The van der Waals surface area contributed by atoms with Gasteiger partial charge in [-0.25, -0.2) is 9.69 Å². The van der Waals surface area contributed by atoms with Crippen LogP contribution in [0.25, 0.3) is 0 Å². The maximum absolute atomic E-state index is 11.9. The average Bonchev–Trinajstić information content (AvgIpc) is 3.03. The summed E-state index contributed by atoms with van der Waals surface area (Å²) in [7, 11) is 0. The Bertz CT molecular complexity index is 321. The molecular weight excluding hydrogens is 346 g/mol. The molecule has 16 heavy (non-hydrogen) atoms. The zero-order valence-electron chi connectivity index (χ0n) is 8.31. The monoisotopic (exact) mass is 355 g/mol. The van der Waals surface area contributed by atoms with Gasteiger partial charge in [0.05, 0.1) is 6.10 Å². The van der Waals surface area contributed by atoms with Gasteiger partial charge in [-0.1, -0.05) is 31.9 Å². The summed E-state index contributed by atoms with van der Waals surface area (Å²) in [4.78, 5) is 23.0. The molecule has 1 aliphatic carbocycles. The van der Waals surface area contributed by atoms with E-state index >= 15 is 0 Å². The van der Waals surface area contributed by atoms with E-state index in [1.54, 1.807) is 0 Å². The Morgan fingerprint density at radius 1 is 1.56 bits per heavy atom. The van der Waals surface area contributed by atoms with E-state index in [9.17, 15) is 14.7 Å². The third kappa shape index (κ3) is 2.26. The van der Waals surface area contributed by atoms with Crippen molar-refractivity contribution >= 4 is 43.9 Å². The summed E-state index contributed by atoms with van der Waals surface area (Å²) in [5.41, 5.74) is 0. The summed E-state index contributed by atoms with van der Waals surface area (Å²) in [6, 6.07) is 0. The second-order valence-corrected chi connectivity index (χ2v) is 5.99. The molecule has 3 atom stereocenters. The average molecular weight is 357 g/mol. The highest BCUT2D eigenvalue weighted by Crippen LogP contribution is 2.36. The van der Waals surface area contributed by atoms with Crippen molar-refractivity contribution in [1.29, 1.82) is 0 Å². The van der Waals surface area contributed by atoms with Crippen molar-refractivity contribution in [2.75, 3.05) is 6.61 Å². The normalized spacial score (nSPS) is 28.8. The van der Waals surface area contributed by atoms with Crippen LogP contribution in [0, 0.1) is 5.92 Å². The van der Waals surface area contributed by atoms with Crippen LogP contribution in [0.4, 0.5) is 4.79 Å². The molecule has 0 aromatic heterocycles. The van der Waals surface area contributed by atoms with Crippen LogP contribution in [0.1, 0.15) is 12.8 Å². The van der Waals surface area contributed by atoms with Crippen LogP contribution in [-0.2, 0) is 9.53 Å². The maximum Gasteiger partial charge on any atom is 0.417 e. The number of rotatable bonds is 3. The van der Waals surface area contributed by atoms with Crippen molar-refractivity contribution < 1.29 is 19.4 Å². The lowest BCUT2D eigenvalue weighted by molar-refractivity contribution is -0.129. The van der Waals surface area contributed by atoms with E-state index in [0.717, 1.165) is 17.7 Å². The highest BCUT2D eigenvalue weighted by atomic mass is 79.9. The fourth-order valence-corrected chi connectivity index (χ4v) is 2.74. The van der Waals surface area contributed by atoms with Crippen LogP contribution in [0.2, 0.25) is 0 Å². The minimum absolute atomic E-state index is 0.143. The molecule has 5 nitrogen and oxygen atoms in total. The maximum atomic E-state index is 11.9. The molecule has 2 amide bonds. The number of amides is 2. The van der Waals surface area contributed by atoms with Crippen LogP contribution in [0.3, 0.4) is 0 Å². The smallest absolute Gasteiger partial charge is 0.417 e. The van der Waals surface area contributed by atoms with Gasteiger partial charge in [0, 0.05) is 0 Å². The lowest BCUT2D eigenvalue weighted by Crippen LogP contribution is -2.45. The van der Waals surface area contributed by atoms with E-state index in [2.05, 4.69) is 31.9 Å². The highest BCUT2D eigenvalue weighted by Gasteiger charge is 2.44. The number of nitrogens with zero attached hydrogens (tertiary/aromatic N) is 1. The van der Waals surface area contributed by atoms with Crippen molar-refractivity contribution in [1.82, 2.24) is 4.90 Å². The van der Waals surface area contributed by atoms with Gasteiger partial charge in [-0.3, -0.25) is 4.79 Å². The molecule has 90 valence electrons. The van der Waals surface area contributed by atoms with Crippen molar-refractivity contribution in [3.05, 3.63) is 0 Å². The van der Waals surface area contributed by atoms with Gasteiger partial charge in [-0.2, -0.15) is 0 Å². The third-order valence-electron chi connectivity index (χ3n) is 2.70.